The van der Waals surface area contributed by atoms with Crippen molar-refractivity contribution in [3.63, 3.8) is 0 Å². The fourth-order valence-electron chi connectivity index (χ4n) is 3.14. The summed E-state index contributed by atoms with van der Waals surface area (Å²) in [6.07, 6.45) is 3.52. The van der Waals surface area contributed by atoms with Crippen LogP contribution in [0.25, 0.3) is 0 Å². The van der Waals surface area contributed by atoms with E-state index in [2.05, 4.69) is 16.3 Å². The summed E-state index contributed by atoms with van der Waals surface area (Å²) in [5.74, 6) is 1.08. The number of hydrogen-bond donors (Lipinski definition) is 1. The minimum atomic E-state index is 0. The predicted octanol–water partition coefficient (Wildman–Crippen LogP) is 2.88. The van der Waals surface area contributed by atoms with Crippen LogP contribution in [0.5, 0.6) is 5.75 Å². The number of rotatable bonds is 3. The molecule has 1 fully saturated rings. The molecule has 5 heteroatoms. The highest BCUT2D eigenvalue weighted by molar-refractivity contribution is 6.30. The smallest absolute Gasteiger partial charge is 0.127 e. The molecule has 1 aromatic rings. The predicted molar refractivity (Wildman–Crippen MR) is 85.3 cm³/mol. The molecule has 0 saturated carbocycles. The molecule has 3 rings (SSSR count). The highest BCUT2D eigenvalue weighted by Gasteiger charge is 2.22. The van der Waals surface area contributed by atoms with Crippen molar-refractivity contribution in [1.29, 1.82) is 0 Å². The fourth-order valence-corrected chi connectivity index (χ4v) is 3.40. The molecule has 2 aliphatic rings. The molecule has 1 unspecified atom stereocenters. The van der Waals surface area contributed by atoms with Crippen molar-refractivity contribution < 1.29 is 4.74 Å². The standard InChI is InChI=1S/C15H21ClN2O.ClH/c1-17-14-3-2-5-18(10-14)9-12-8-13(16)7-11-4-6-19-15(11)12;/h7-8,14,17H,2-6,9-10H2,1H3;1H. The molecule has 0 aromatic heterocycles. The normalized spacial score (nSPS) is 22.0. The van der Waals surface area contributed by atoms with E-state index in [0.717, 1.165) is 36.9 Å². The molecule has 2 heterocycles. The molecular weight excluding hydrogens is 295 g/mol. The van der Waals surface area contributed by atoms with Crippen LogP contribution >= 0.6 is 24.0 Å². The van der Waals surface area contributed by atoms with Crippen LogP contribution in [-0.2, 0) is 13.0 Å². The van der Waals surface area contributed by atoms with E-state index in [1.54, 1.807) is 0 Å². The Hall–Kier alpha value is -0.480. The number of nitrogens with one attached hydrogen (secondary N) is 1. The van der Waals surface area contributed by atoms with Crippen LogP contribution in [0, 0.1) is 0 Å². The Kier molecular flexibility index (Phi) is 5.56. The number of fused-ring (bicyclic) bond motifs is 1. The van der Waals surface area contributed by atoms with Crippen LogP contribution in [0.4, 0.5) is 0 Å². The molecule has 0 bridgehead atoms. The first-order valence-electron chi connectivity index (χ1n) is 7.10. The molecule has 3 nitrogen and oxygen atoms in total. The second kappa shape index (κ2) is 6.99. The van der Waals surface area contributed by atoms with Crippen LogP contribution in [-0.4, -0.2) is 37.7 Å². The third-order valence-corrected chi connectivity index (χ3v) is 4.35. The van der Waals surface area contributed by atoms with Gasteiger partial charge in [0.2, 0.25) is 0 Å². The summed E-state index contributed by atoms with van der Waals surface area (Å²) >= 11 is 6.22. The first kappa shape index (κ1) is 15.9. The Bertz CT molecular complexity index is 467. The molecule has 0 spiro atoms. The summed E-state index contributed by atoms with van der Waals surface area (Å²) in [5, 5.41) is 4.22. The third-order valence-electron chi connectivity index (χ3n) is 4.13. The zero-order valence-corrected chi connectivity index (χ0v) is 13.4. The van der Waals surface area contributed by atoms with Gasteiger partial charge in [-0.25, -0.2) is 0 Å². The summed E-state index contributed by atoms with van der Waals surface area (Å²) in [6.45, 7) is 4.01. The highest BCUT2D eigenvalue weighted by Crippen LogP contribution is 2.33. The number of ether oxygens (including phenoxy) is 1. The molecule has 2 aliphatic heterocycles. The van der Waals surface area contributed by atoms with E-state index in [1.165, 1.54) is 30.5 Å². The summed E-state index contributed by atoms with van der Waals surface area (Å²) in [7, 11) is 2.05. The van der Waals surface area contributed by atoms with Gasteiger partial charge in [0.15, 0.2) is 0 Å². The topological polar surface area (TPSA) is 24.5 Å². The number of hydrogen-bond acceptors (Lipinski definition) is 3. The van der Waals surface area contributed by atoms with Crippen LogP contribution in [0.3, 0.4) is 0 Å². The third kappa shape index (κ3) is 3.40. The molecule has 112 valence electrons. The van der Waals surface area contributed by atoms with Crippen LogP contribution in [0.15, 0.2) is 12.1 Å². The zero-order valence-electron chi connectivity index (χ0n) is 11.8. The first-order valence-corrected chi connectivity index (χ1v) is 7.48. The Morgan fingerprint density at radius 3 is 3.10 bits per heavy atom. The van der Waals surface area contributed by atoms with Crippen molar-refractivity contribution in [1.82, 2.24) is 10.2 Å². The summed E-state index contributed by atoms with van der Waals surface area (Å²) in [6, 6.07) is 4.72. The van der Waals surface area contributed by atoms with Gasteiger partial charge in [0.25, 0.3) is 0 Å². The van der Waals surface area contributed by atoms with Crippen LogP contribution in [0.1, 0.15) is 24.0 Å². The lowest BCUT2D eigenvalue weighted by Gasteiger charge is -2.32. The molecule has 0 aliphatic carbocycles. The number of benzene rings is 1. The van der Waals surface area contributed by atoms with Gasteiger partial charge in [-0.1, -0.05) is 11.6 Å². The average Bonchev–Trinajstić information content (AvgIpc) is 2.87. The number of piperidine rings is 1. The SMILES string of the molecule is CNC1CCCN(Cc2cc(Cl)cc3c2OCC3)C1.Cl. The monoisotopic (exact) mass is 316 g/mol. The molecule has 1 saturated heterocycles. The molecule has 1 N–H and O–H groups in total. The van der Waals surface area contributed by atoms with Crippen molar-refractivity contribution >= 4 is 24.0 Å². The van der Waals surface area contributed by atoms with Gasteiger partial charge < -0.3 is 10.1 Å². The lowest BCUT2D eigenvalue weighted by molar-refractivity contribution is 0.186. The lowest BCUT2D eigenvalue weighted by Crippen LogP contribution is -2.43. The summed E-state index contributed by atoms with van der Waals surface area (Å²) in [5.41, 5.74) is 2.52. The average molecular weight is 317 g/mol. The second-order valence-electron chi connectivity index (χ2n) is 5.51. The van der Waals surface area contributed by atoms with E-state index in [1.807, 2.05) is 13.1 Å². The summed E-state index contributed by atoms with van der Waals surface area (Å²) < 4.78 is 5.78. The number of likely N-dealkylation sites (tertiary alicyclic amines) is 1. The van der Waals surface area contributed by atoms with Gasteiger partial charge in [-0.15, -0.1) is 12.4 Å². The Morgan fingerprint density at radius 1 is 1.45 bits per heavy atom. The largest absolute Gasteiger partial charge is 0.493 e. The molecule has 1 atom stereocenters. The zero-order chi connectivity index (χ0) is 13.2. The minimum Gasteiger partial charge on any atom is -0.493 e. The number of nitrogens with zero attached hydrogens (tertiary/aromatic N) is 1. The number of likely N-dealkylation sites (N-methyl/N-ethyl adjacent to an activating group) is 1. The van der Waals surface area contributed by atoms with Crippen LogP contribution in [0.2, 0.25) is 5.02 Å². The maximum absolute atomic E-state index is 6.22. The van der Waals surface area contributed by atoms with Crippen molar-refractivity contribution in [2.24, 2.45) is 0 Å². The van der Waals surface area contributed by atoms with E-state index in [-0.39, 0.29) is 12.4 Å². The van der Waals surface area contributed by atoms with Gasteiger partial charge in [0.1, 0.15) is 5.75 Å². The van der Waals surface area contributed by atoms with Crippen molar-refractivity contribution in [3.05, 3.63) is 28.3 Å². The van der Waals surface area contributed by atoms with Crippen molar-refractivity contribution in [3.8, 4) is 5.75 Å². The van der Waals surface area contributed by atoms with Gasteiger partial charge in [0, 0.05) is 36.1 Å². The van der Waals surface area contributed by atoms with E-state index in [4.69, 9.17) is 16.3 Å². The van der Waals surface area contributed by atoms with Crippen molar-refractivity contribution in [2.75, 3.05) is 26.7 Å². The van der Waals surface area contributed by atoms with Gasteiger partial charge >= 0.3 is 0 Å². The van der Waals surface area contributed by atoms with Crippen molar-refractivity contribution in [2.45, 2.75) is 31.8 Å². The number of halogens is 2. The fraction of sp³-hybridized carbons (Fsp3) is 0.600. The second-order valence-corrected chi connectivity index (χ2v) is 5.95. The lowest BCUT2D eigenvalue weighted by atomic mass is 10.0. The highest BCUT2D eigenvalue weighted by atomic mass is 35.5. The molecule has 0 radical (unpaired) electrons. The summed E-state index contributed by atoms with van der Waals surface area (Å²) in [4.78, 5) is 2.50. The molecule has 0 amide bonds. The van der Waals surface area contributed by atoms with Gasteiger partial charge in [0.05, 0.1) is 6.61 Å². The van der Waals surface area contributed by atoms with Crippen LogP contribution < -0.4 is 10.1 Å². The maximum atomic E-state index is 6.22. The van der Waals surface area contributed by atoms with Gasteiger partial charge in [-0.05, 0) is 44.1 Å². The maximum Gasteiger partial charge on any atom is 0.127 e. The Labute approximate surface area is 132 Å². The minimum absolute atomic E-state index is 0. The van der Waals surface area contributed by atoms with E-state index < -0.39 is 0 Å². The Balaban J connectivity index is 0.00000147. The Morgan fingerprint density at radius 2 is 2.30 bits per heavy atom. The van der Waals surface area contributed by atoms with E-state index in [0.29, 0.717) is 6.04 Å². The van der Waals surface area contributed by atoms with E-state index >= 15 is 0 Å². The first-order chi connectivity index (χ1) is 9.26. The molecule has 1 aromatic carbocycles. The van der Waals surface area contributed by atoms with Gasteiger partial charge in [-0.3, -0.25) is 4.90 Å². The molecule has 20 heavy (non-hydrogen) atoms. The molecular formula is C15H22Cl2N2O. The van der Waals surface area contributed by atoms with E-state index in [9.17, 15) is 0 Å². The van der Waals surface area contributed by atoms with Gasteiger partial charge in [-0.2, -0.15) is 0 Å². The quantitative estimate of drug-likeness (QED) is 0.928.